The lowest BCUT2D eigenvalue weighted by Crippen LogP contribution is -2.34. The summed E-state index contributed by atoms with van der Waals surface area (Å²) in [6.07, 6.45) is 8.52. The molecule has 0 aliphatic heterocycles. The van der Waals surface area contributed by atoms with Crippen molar-refractivity contribution in [2.45, 2.75) is 32.2 Å². The summed E-state index contributed by atoms with van der Waals surface area (Å²) in [6.45, 7) is 2.06. The van der Waals surface area contributed by atoms with E-state index in [9.17, 15) is 5.11 Å². The van der Waals surface area contributed by atoms with E-state index < -0.39 is 0 Å². The maximum atomic E-state index is 9.61. The van der Waals surface area contributed by atoms with Gasteiger partial charge in [-0.2, -0.15) is 5.10 Å². The maximum absolute atomic E-state index is 9.61. The standard InChI is InChI=1S/C17H23N3O/c21-14-17(8-1-2-9-17)13-18-12-15-4-6-16(7-5-15)20-11-3-10-19-20/h3-7,10-11,18,21H,1-2,8-9,12-14H2. The van der Waals surface area contributed by atoms with Crippen molar-refractivity contribution in [3.8, 4) is 5.69 Å². The Morgan fingerprint density at radius 1 is 1.19 bits per heavy atom. The second-order valence-corrected chi connectivity index (χ2v) is 6.09. The van der Waals surface area contributed by atoms with Crippen LogP contribution in [0.2, 0.25) is 0 Å². The Hall–Kier alpha value is -1.65. The number of hydrogen-bond donors (Lipinski definition) is 2. The number of hydrogen-bond acceptors (Lipinski definition) is 3. The van der Waals surface area contributed by atoms with Crippen molar-refractivity contribution in [1.29, 1.82) is 0 Å². The van der Waals surface area contributed by atoms with Gasteiger partial charge in [-0.1, -0.05) is 25.0 Å². The van der Waals surface area contributed by atoms with Crippen molar-refractivity contribution in [3.63, 3.8) is 0 Å². The van der Waals surface area contributed by atoms with Gasteiger partial charge in [0.1, 0.15) is 0 Å². The first-order valence-electron chi connectivity index (χ1n) is 7.72. The topological polar surface area (TPSA) is 50.1 Å². The zero-order chi connectivity index (χ0) is 14.5. The van der Waals surface area contributed by atoms with Crippen molar-refractivity contribution >= 4 is 0 Å². The molecule has 2 aromatic rings. The smallest absolute Gasteiger partial charge is 0.0645 e. The highest BCUT2D eigenvalue weighted by atomic mass is 16.3. The largest absolute Gasteiger partial charge is 0.396 e. The van der Waals surface area contributed by atoms with Crippen LogP contribution in [-0.4, -0.2) is 28.0 Å². The molecule has 1 aromatic carbocycles. The molecule has 0 radical (unpaired) electrons. The number of aliphatic hydroxyl groups is 1. The fourth-order valence-corrected chi connectivity index (χ4v) is 3.18. The summed E-state index contributed by atoms with van der Waals surface area (Å²) in [6, 6.07) is 10.3. The molecule has 1 aliphatic carbocycles. The normalized spacial score (nSPS) is 17.2. The molecule has 1 aromatic heterocycles. The molecule has 21 heavy (non-hydrogen) atoms. The molecule has 0 saturated heterocycles. The van der Waals surface area contributed by atoms with E-state index in [2.05, 4.69) is 34.7 Å². The number of aliphatic hydroxyl groups excluding tert-OH is 1. The molecule has 4 heteroatoms. The molecule has 3 rings (SSSR count). The number of rotatable bonds is 6. The fourth-order valence-electron chi connectivity index (χ4n) is 3.18. The average molecular weight is 285 g/mol. The summed E-state index contributed by atoms with van der Waals surface area (Å²) in [4.78, 5) is 0. The first-order valence-corrected chi connectivity index (χ1v) is 7.72. The number of benzene rings is 1. The number of nitrogens with zero attached hydrogens (tertiary/aromatic N) is 2. The van der Waals surface area contributed by atoms with Crippen LogP contribution in [-0.2, 0) is 6.54 Å². The van der Waals surface area contributed by atoms with Crippen LogP contribution in [0, 0.1) is 5.41 Å². The maximum Gasteiger partial charge on any atom is 0.0645 e. The lowest BCUT2D eigenvalue weighted by molar-refractivity contribution is 0.128. The van der Waals surface area contributed by atoms with Crippen LogP contribution in [0.4, 0.5) is 0 Å². The Morgan fingerprint density at radius 2 is 1.95 bits per heavy atom. The molecule has 0 amide bonds. The van der Waals surface area contributed by atoms with Gasteiger partial charge in [0.2, 0.25) is 0 Å². The molecular formula is C17H23N3O. The highest BCUT2D eigenvalue weighted by Crippen LogP contribution is 2.36. The third-order valence-corrected chi connectivity index (χ3v) is 4.53. The van der Waals surface area contributed by atoms with Crippen LogP contribution in [0.1, 0.15) is 31.2 Å². The van der Waals surface area contributed by atoms with Crippen molar-refractivity contribution in [1.82, 2.24) is 15.1 Å². The lowest BCUT2D eigenvalue weighted by Gasteiger charge is -2.26. The van der Waals surface area contributed by atoms with Gasteiger partial charge in [0, 0.05) is 37.5 Å². The first kappa shape index (κ1) is 14.3. The minimum Gasteiger partial charge on any atom is -0.396 e. The van der Waals surface area contributed by atoms with Crippen LogP contribution in [0.3, 0.4) is 0 Å². The van der Waals surface area contributed by atoms with Gasteiger partial charge in [0.15, 0.2) is 0 Å². The molecule has 112 valence electrons. The first-order chi connectivity index (χ1) is 10.3. The number of aromatic nitrogens is 2. The monoisotopic (exact) mass is 285 g/mol. The molecule has 1 aliphatic rings. The summed E-state index contributed by atoms with van der Waals surface area (Å²) >= 11 is 0. The van der Waals surface area contributed by atoms with Crippen molar-refractivity contribution in [2.24, 2.45) is 5.41 Å². The summed E-state index contributed by atoms with van der Waals surface area (Å²) in [5.41, 5.74) is 2.46. The highest BCUT2D eigenvalue weighted by molar-refractivity contribution is 5.33. The average Bonchev–Trinajstić information content (AvgIpc) is 3.20. The van der Waals surface area contributed by atoms with E-state index in [0.717, 1.165) is 31.6 Å². The predicted octanol–water partition coefficient (Wildman–Crippen LogP) is 2.51. The fraction of sp³-hybridized carbons (Fsp3) is 0.471. The second-order valence-electron chi connectivity index (χ2n) is 6.09. The van der Waals surface area contributed by atoms with E-state index in [1.807, 2.05) is 16.9 Å². The molecular weight excluding hydrogens is 262 g/mol. The molecule has 1 fully saturated rings. The third-order valence-electron chi connectivity index (χ3n) is 4.53. The zero-order valence-electron chi connectivity index (χ0n) is 12.3. The second kappa shape index (κ2) is 6.41. The molecule has 0 spiro atoms. The minimum atomic E-state index is 0.120. The lowest BCUT2D eigenvalue weighted by atomic mass is 9.87. The van der Waals surface area contributed by atoms with Gasteiger partial charge in [-0.25, -0.2) is 4.68 Å². The van der Waals surface area contributed by atoms with Crippen LogP contribution in [0.5, 0.6) is 0 Å². The quantitative estimate of drug-likeness (QED) is 0.857. The van der Waals surface area contributed by atoms with Crippen molar-refractivity contribution in [3.05, 3.63) is 48.3 Å². The Bertz CT molecular complexity index is 542. The predicted molar refractivity (Wildman–Crippen MR) is 83.3 cm³/mol. The van der Waals surface area contributed by atoms with E-state index in [4.69, 9.17) is 0 Å². The van der Waals surface area contributed by atoms with Gasteiger partial charge < -0.3 is 10.4 Å². The van der Waals surface area contributed by atoms with Crippen molar-refractivity contribution < 1.29 is 5.11 Å². The number of nitrogens with one attached hydrogen (secondary N) is 1. The molecule has 0 atom stereocenters. The molecule has 0 bridgehead atoms. The van der Waals surface area contributed by atoms with E-state index in [-0.39, 0.29) is 5.41 Å². The molecule has 1 saturated carbocycles. The summed E-state index contributed by atoms with van der Waals surface area (Å²) in [5.74, 6) is 0. The Labute approximate surface area is 125 Å². The Kier molecular flexibility index (Phi) is 4.36. The molecule has 1 heterocycles. The van der Waals surface area contributed by atoms with E-state index in [1.54, 1.807) is 6.20 Å². The van der Waals surface area contributed by atoms with Gasteiger partial charge in [-0.15, -0.1) is 0 Å². The van der Waals surface area contributed by atoms with Crippen LogP contribution in [0.25, 0.3) is 5.69 Å². The Morgan fingerprint density at radius 3 is 2.57 bits per heavy atom. The van der Waals surface area contributed by atoms with Gasteiger partial charge in [-0.05, 0) is 36.6 Å². The summed E-state index contributed by atoms with van der Waals surface area (Å²) in [5, 5.41) is 17.3. The third kappa shape index (κ3) is 3.34. The molecule has 2 N–H and O–H groups in total. The highest BCUT2D eigenvalue weighted by Gasteiger charge is 2.32. The Balaban J connectivity index is 1.54. The van der Waals surface area contributed by atoms with E-state index in [0.29, 0.717) is 6.61 Å². The summed E-state index contributed by atoms with van der Waals surface area (Å²) in [7, 11) is 0. The van der Waals surface area contributed by atoms with Crippen LogP contribution < -0.4 is 5.32 Å². The minimum absolute atomic E-state index is 0.120. The molecule has 4 nitrogen and oxygen atoms in total. The van der Waals surface area contributed by atoms with E-state index in [1.165, 1.54) is 18.4 Å². The SMILES string of the molecule is OCC1(CNCc2ccc(-n3cccn3)cc2)CCCC1. The van der Waals surface area contributed by atoms with E-state index >= 15 is 0 Å². The molecule has 0 unspecified atom stereocenters. The zero-order valence-corrected chi connectivity index (χ0v) is 12.3. The van der Waals surface area contributed by atoms with Crippen LogP contribution in [0.15, 0.2) is 42.7 Å². The van der Waals surface area contributed by atoms with Gasteiger partial charge in [0.25, 0.3) is 0 Å². The van der Waals surface area contributed by atoms with Crippen LogP contribution >= 0.6 is 0 Å². The van der Waals surface area contributed by atoms with Gasteiger partial charge in [0.05, 0.1) is 5.69 Å². The van der Waals surface area contributed by atoms with Crippen molar-refractivity contribution in [2.75, 3.05) is 13.2 Å². The van der Waals surface area contributed by atoms with Gasteiger partial charge >= 0.3 is 0 Å². The van der Waals surface area contributed by atoms with Gasteiger partial charge in [-0.3, -0.25) is 0 Å². The summed E-state index contributed by atoms with van der Waals surface area (Å²) < 4.78 is 1.86.